The first-order chi connectivity index (χ1) is 14.4. The predicted octanol–water partition coefficient (Wildman–Crippen LogP) is 3.75. The molecule has 1 aliphatic rings. The standard InChI is InChI=1S/C24H32N2O4/c1-5-28-21-20(12-9-14-26-21)29-17-19-16-25-15-13-24(19,18-10-7-6-8-11-18)22(27)30-23(2,3)4/h6-12,14,19,25H,5,13,15-17H2,1-4H3/t19-,24-/m0/s1. The summed E-state index contributed by atoms with van der Waals surface area (Å²) in [5.74, 6) is 0.730. The largest absolute Gasteiger partial charge is 0.488 e. The average molecular weight is 413 g/mol. The van der Waals surface area contributed by atoms with Gasteiger partial charge in [0.2, 0.25) is 0 Å². The van der Waals surface area contributed by atoms with Gasteiger partial charge >= 0.3 is 5.97 Å². The quantitative estimate of drug-likeness (QED) is 0.699. The zero-order valence-corrected chi connectivity index (χ0v) is 18.3. The number of carbonyl (C=O) groups excluding carboxylic acids is 1. The zero-order chi connectivity index (χ0) is 21.6. The van der Waals surface area contributed by atoms with Crippen LogP contribution in [0.3, 0.4) is 0 Å². The maximum Gasteiger partial charge on any atom is 0.317 e. The van der Waals surface area contributed by atoms with E-state index in [-0.39, 0.29) is 11.9 Å². The predicted molar refractivity (Wildman–Crippen MR) is 116 cm³/mol. The molecule has 0 unspecified atom stereocenters. The van der Waals surface area contributed by atoms with Crippen molar-refractivity contribution in [3.05, 3.63) is 54.2 Å². The van der Waals surface area contributed by atoms with E-state index in [0.29, 0.717) is 37.8 Å². The van der Waals surface area contributed by atoms with Crippen molar-refractivity contribution < 1.29 is 19.0 Å². The molecule has 162 valence electrons. The highest BCUT2D eigenvalue weighted by Gasteiger charge is 2.51. The topological polar surface area (TPSA) is 69.7 Å². The van der Waals surface area contributed by atoms with Crippen LogP contribution >= 0.6 is 0 Å². The van der Waals surface area contributed by atoms with Crippen molar-refractivity contribution in [2.45, 2.75) is 45.1 Å². The Morgan fingerprint density at radius 3 is 2.63 bits per heavy atom. The molecular weight excluding hydrogens is 380 g/mol. The maximum atomic E-state index is 13.6. The summed E-state index contributed by atoms with van der Waals surface area (Å²) < 4.78 is 17.7. The van der Waals surface area contributed by atoms with Gasteiger partial charge in [-0.3, -0.25) is 4.79 Å². The third-order valence-electron chi connectivity index (χ3n) is 5.29. The number of carbonyl (C=O) groups is 1. The Balaban J connectivity index is 1.93. The van der Waals surface area contributed by atoms with Gasteiger partial charge in [0.1, 0.15) is 11.0 Å². The lowest BCUT2D eigenvalue weighted by Crippen LogP contribution is -2.56. The summed E-state index contributed by atoms with van der Waals surface area (Å²) in [5, 5.41) is 3.42. The molecule has 1 N–H and O–H groups in total. The molecule has 0 radical (unpaired) electrons. The number of aromatic nitrogens is 1. The van der Waals surface area contributed by atoms with Crippen molar-refractivity contribution >= 4 is 5.97 Å². The smallest absolute Gasteiger partial charge is 0.317 e. The number of rotatable bonds is 7. The third-order valence-corrected chi connectivity index (χ3v) is 5.29. The molecular formula is C24H32N2O4. The van der Waals surface area contributed by atoms with Crippen LogP contribution < -0.4 is 14.8 Å². The lowest BCUT2D eigenvalue weighted by Gasteiger charge is -2.43. The van der Waals surface area contributed by atoms with Crippen LogP contribution in [0.15, 0.2) is 48.7 Å². The van der Waals surface area contributed by atoms with Crippen LogP contribution in [0.1, 0.15) is 39.7 Å². The summed E-state index contributed by atoms with van der Waals surface area (Å²) in [6, 6.07) is 13.6. The number of benzene rings is 1. The van der Waals surface area contributed by atoms with Gasteiger partial charge in [0.25, 0.3) is 5.88 Å². The van der Waals surface area contributed by atoms with E-state index in [1.54, 1.807) is 6.20 Å². The second kappa shape index (κ2) is 9.47. The van der Waals surface area contributed by atoms with Crippen LogP contribution in [-0.2, 0) is 14.9 Å². The number of esters is 1. The Morgan fingerprint density at radius 2 is 1.93 bits per heavy atom. The summed E-state index contributed by atoms with van der Waals surface area (Å²) >= 11 is 0. The van der Waals surface area contributed by atoms with E-state index >= 15 is 0 Å². The van der Waals surface area contributed by atoms with Gasteiger partial charge in [0, 0.05) is 18.7 Å². The molecule has 2 atom stereocenters. The van der Waals surface area contributed by atoms with Crippen LogP contribution in [-0.4, -0.2) is 42.9 Å². The minimum atomic E-state index is -0.784. The Morgan fingerprint density at radius 1 is 1.17 bits per heavy atom. The minimum absolute atomic E-state index is 0.113. The SMILES string of the molecule is CCOc1ncccc1OC[C@@H]1CNCC[C@]1(C(=O)OC(C)(C)C)c1ccccc1. The fourth-order valence-electron chi connectivity index (χ4n) is 3.93. The van der Waals surface area contributed by atoms with Crippen molar-refractivity contribution in [1.82, 2.24) is 10.3 Å². The van der Waals surface area contributed by atoms with E-state index in [4.69, 9.17) is 14.2 Å². The van der Waals surface area contributed by atoms with E-state index in [1.165, 1.54) is 0 Å². The molecule has 0 saturated carbocycles. The van der Waals surface area contributed by atoms with E-state index in [2.05, 4.69) is 10.3 Å². The fraction of sp³-hybridized carbons (Fsp3) is 0.500. The van der Waals surface area contributed by atoms with E-state index in [0.717, 1.165) is 12.1 Å². The molecule has 1 fully saturated rings. The first-order valence-corrected chi connectivity index (χ1v) is 10.6. The molecule has 1 aromatic heterocycles. The van der Waals surface area contributed by atoms with Gasteiger partial charge in [0.05, 0.1) is 13.2 Å². The lowest BCUT2D eigenvalue weighted by atomic mass is 9.66. The Hall–Kier alpha value is -2.60. The highest BCUT2D eigenvalue weighted by Crippen LogP contribution is 2.41. The van der Waals surface area contributed by atoms with Crippen molar-refractivity contribution in [3.63, 3.8) is 0 Å². The summed E-state index contributed by atoms with van der Waals surface area (Å²) in [4.78, 5) is 17.8. The second-order valence-electron chi connectivity index (χ2n) is 8.54. The van der Waals surface area contributed by atoms with Crippen LogP contribution in [0.4, 0.5) is 0 Å². The molecule has 2 aromatic rings. The van der Waals surface area contributed by atoms with Crippen LogP contribution in [0, 0.1) is 5.92 Å². The van der Waals surface area contributed by atoms with Gasteiger partial charge in [-0.1, -0.05) is 30.3 Å². The summed E-state index contributed by atoms with van der Waals surface area (Å²) in [6.07, 6.45) is 2.32. The summed E-state index contributed by atoms with van der Waals surface area (Å²) in [5.41, 5.74) is -0.389. The Labute approximate surface area is 178 Å². The number of pyridine rings is 1. The molecule has 0 spiro atoms. The summed E-state index contributed by atoms with van der Waals surface area (Å²) in [6.45, 7) is 9.85. The van der Waals surface area contributed by atoms with Crippen LogP contribution in [0.2, 0.25) is 0 Å². The molecule has 6 nitrogen and oxygen atoms in total. The molecule has 0 bridgehead atoms. The molecule has 6 heteroatoms. The molecule has 30 heavy (non-hydrogen) atoms. The van der Waals surface area contributed by atoms with Crippen molar-refractivity contribution in [1.29, 1.82) is 0 Å². The first-order valence-electron chi connectivity index (χ1n) is 10.6. The lowest BCUT2D eigenvalue weighted by molar-refractivity contribution is -0.166. The normalized spacial score (nSPS) is 21.7. The zero-order valence-electron chi connectivity index (χ0n) is 18.3. The monoisotopic (exact) mass is 412 g/mol. The van der Waals surface area contributed by atoms with Gasteiger partial charge in [-0.2, -0.15) is 0 Å². The number of hydrogen-bond acceptors (Lipinski definition) is 6. The fourth-order valence-corrected chi connectivity index (χ4v) is 3.93. The van der Waals surface area contributed by atoms with E-state index in [1.807, 2.05) is 70.2 Å². The molecule has 1 saturated heterocycles. The molecule has 3 rings (SSSR count). The molecule has 0 amide bonds. The van der Waals surface area contributed by atoms with Crippen molar-refractivity contribution in [2.24, 2.45) is 5.92 Å². The number of ether oxygens (including phenoxy) is 3. The minimum Gasteiger partial charge on any atom is -0.488 e. The van der Waals surface area contributed by atoms with E-state index in [9.17, 15) is 4.79 Å². The van der Waals surface area contributed by atoms with Gasteiger partial charge in [-0.15, -0.1) is 0 Å². The molecule has 1 aromatic carbocycles. The van der Waals surface area contributed by atoms with Crippen molar-refractivity contribution in [3.8, 4) is 11.6 Å². The molecule has 1 aliphatic heterocycles. The van der Waals surface area contributed by atoms with Gasteiger partial charge in [0.15, 0.2) is 5.75 Å². The molecule has 0 aliphatic carbocycles. The van der Waals surface area contributed by atoms with Crippen molar-refractivity contribution in [2.75, 3.05) is 26.3 Å². The van der Waals surface area contributed by atoms with Gasteiger partial charge in [-0.05, 0) is 58.4 Å². The Kier molecular flexibility index (Phi) is 6.98. The molecule has 2 heterocycles. The van der Waals surface area contributed by atoms with Gasteiger partial charge < -0.3 is 19.5 Å². The number of piperidine rings is 1. The Bertz CT molecular complexity index is 835. The average Bonchev–Trinajstić information content (AvgIpc) is 2.73. The summed E-state index contributed by atoms with van der Waals surface area (Å²) in [7, 11) is 0. The highest BCUT2D eigenvalue weighted by atomic mass is 16.6. The third kappa shape index (κ3) is 4.93. The van der Waals surface area contributed by atoms with Crippen LogP contribution in [0.5, 0.6) is 11.6 Å². The number of nitrogens with zero attached hydrogens (tertiary/aromatic N) is 1. The van der Waals surface area contributed by atoms with Gasteiger partial charge in [-0.25, -0.2) is 4.98 Å². The van der Waals surface area contributed by atoms with E-state index < -0.39 is 11.0 Å². The second-order valence-corrected chi connectivity index (χ2v) is 8.54. The number of hydrogen-bond donors (Lipinski definition) is 1. The van der Waals surface area contributed by atoms with Crippen LogP contribution in [0.25, 0.3) is 0 Å². The first kappa shape index (κ1) is 22.1. The maximum absolute atomic E-state index is 13.6. The number of nitrogens with one attached hydrogen (secondary N) is 1. The highest BCUT2D eigenvalue weighted by molar-refractivity contribution is 5.84.